The van der Waals surface area contributed by atoms with E-state index in [2.05, 4.69) is 9.47 Å². The zero-order valence-corrected chi connectivity index (χ0v) is 5.38. The van der Waals surface area contributed by atoms with Gasteiger partial charge in [0, 0.05) is 7.11 Å². The molecule has 0 saturated carbocycles. The first-order chi connectivity index (χ1) is 4.58. The van der Waals surface area contributed by atoms with Gasteiger partial charge < -0.3 is 14.6 Å². The number of hydrogen-bond acceptors (Lipinski definition) is 3. The van der Waals surface area contributed by atoms with Crippen molar-refractivity contribution in [3.8, 4) is 0 Å². The predicted molar refractivity (Wildman–Crippen MR) is 27.7 cm³/mol. The van der Waals surface area contributed by atoms with E-state index in [-0.39, 0.29) is 6.61 Å². The highest BCUT2D eigenvalue weighted by Crippen LogP contribution is 2.31. The summed E-state index contributed by atoms with van der Waals surface area (Å²) in [5, 5.41) is 8.79. The molecule has 0 aliphatic carbocycles. The lowest BCUT2D eigenvalue weighted by Gasteiger charge is -2.16. The van der Waals surface area contributed by atoms with E-state index in [4.69, 9.17) is 5.11 Å². The lowest BCUT2D eigenvalue weighted by Crippen LogP contribution is -2.36. The van der Waals surface area contributed by atoms with Crippen LogP contribution in [0.4, 0.5) is 8.78 Å². The first-order valence-corrected chi connectivity index (χ1v) is 2.80. The van der Waals surface area contributed by atoms with Gasteiger partial charge in [-0.05, 0) is 0 Å². The molecule has 10 heavy (non-hydrogen) atoms. The summed E-state index contributed by atoms with van der Waals surface area (Å²) >= 11 is 0. The largest absolute Gasteiger partial charge is 0.388 e. The average molecular weight is 154 g/mol. The van der Waals surface area contributed by atoms with Crippen LogP contribution in [0.2, 0.25) is 0 Å². The third-order valence-electron chi connectivity index (χ3n) is 1.38. The summed E-state index contributed by atoms with van der Waals surface area (Å²) in [6, 6.07) is 0. The summed E-state index contributed by atoms with van der Waals surface area (Å²) in [5.74, 6) is 0. The molecule has 1 aliphatic rings. The molecule has 0 aromatic carbocycles. The number of rotatable bonds is 1. The molecular weight excluding hydrogens is 146 g/mol. The van der Waals surface area contributed by atoms with Crippen molar-refractivity contribution >= 4 is 0 Å². The van der Waals surface area contributed by atoms with Crippen LogP contribution in [-0.2, 0) is 9.47 Å². The van der Waals surface area contributed by atoms with Crippen molar-refractivity contribution in [2.45, 2.75) is 18.3 Å². The van der Waals surface area contributed by atoms with E-state index in [1.807, 2.05) is 0 Å². The van der Waals surface area contributed by atoms with Gasteiger partial charge >= 0.3 is 6.11 Å². The lowest BCUT2D eigenvalue weighted by atomic mass is 10.2. The average Bonchev–Trinajstić information content (AvgIpc) is 2.07. The van der Waals surface area contributed by atoms with Crippen molar-refractivity contribution in [1.29, 1.82) is 0 Å². The van der Waals surface area contributed by atoms with Gasteiger partial charge in [0.2, 0.25) is 0 Å². The highest BCUT2D eigenvalue weighted by molar-refractivity contribution is 4.83. The normalized spacial score (nSPS) is 38.4. The van der Waals surface area contributed by atoms with Crippen LogP contribution < -0.4 is 0 Å². The third kappa shape index (κ3) is 1.12. The molecule has 1 aliphatic heterocycles. The van der Waals surface area contributed by atoms with Crippen LogP contribution >= 0.6 is 0 Å². The molecule has 0 amide bonds. The number of aliphatic hydroxyl groups is 1. The van der Waals surface area contributed by atoms with Gasteiger partial charge in [-0.3, -0.25) is 0 Å². The van der Waals surface area contributed by atoms with E-state index in [0.29, 0.717) is 0 Å². The van der Waals surface area contributed by atoms with E-state index in [0.717, 1.165) is 7.11 Å². The number of aliphatic hydroxyl groups excluding tert-OH is 1. The van der Waals surface area contributed by atoms with Gasteiger partial charge in [-0.2, -0.15) is 8.78 Å². The zero-order chi connectivity index (χ0) is 7.78. The number of hydrogen-bond donors (Lipinski definition) is 1. The van der Waals surface area contributed by atoms with Crippen LogP contribution in [0.15, 0.2) is 0 Å². The molecule has 0 spiro atoms. The second kappa shape index (κ2) is 2.41. The summed E-state index contributed by atoms with van der Waals surface area (Å²) in [7, 11) is 1.11. The fraction of sp³-hybridized carbons (Fsp3) is 1.00. The molecule has 0 radical (unpaired) electrons. The summed E-state index contributed by atoms with van der Waals surface area (Å²) < 4.78 is 33.0. The minimum atomic E-state index is -3.34. The topological polar surface area (TPSA) is 38.7 Å². The SMILES string of the molecule is CO[C@H]1[C@H](O)COC1(F)F. The van der Waals surface area contributed by atoms with Gasteiger partial charge in [0.15, 0.2) is 6.10 Å². The molecule has 0 aromatic rings. The van der Waals surface area contributed by atoms with Gasteiger partial charge in [-0.1, -0.05) is 0 Å². The summed E-state index contributed by atoms with van der Waals surface area (Å²) in [4.78, 5) is 0. The van der Waals surface area contributed by atoms with Gasteiger partial charge in [0.05, 0.1) is 6.61 Å². The van der Waals surface area contributed by atoms with E-state index >= 15 is 0 Å². The Morgan fingerprint density at radius 2 is 2.30 bits per heavy atom. The fourth-order valence-electron chi connectivity index (χ4n) is 0.884. The quantitative estimate of drug-likeness (QED) is 0.577. The Morgan fingerprint density at radius 3 is 2.50 bits per heavy atom. The molecule has 0 bridgehead atoms. The molecule has 1 N–H and O–H groups in total. The Kier molecular flexibility index (Phi) is 1.89. The van der Waals surface area contributed by atoms with Gasteiger partial charge in [0.25, 0.3) is 0 Å². The van der Waals surface area contributed by atoms with Crippen molar-refractivity contribution in [3.05, 3.63) is 0 Å². The highest BCUT2D eigenvalue weighted by Gasteiger charge is 2.52. The number of halogens is 2. The van der Waals surface area contributed by atoms with Crippen molar-refractivity contribution < 1.29 is 23.4 Å². The van der Waals surface area contributed by atoms with Gasteiger partial charge in [-0.15, -0.1) is 0 Å². The van der Waals surface area contributed by atoms with Crippen molar-refractivity contribution in [1.82, 2.24) is 0 Å². The maximum Gasteiger partial charge on any atom is 0.384 e. The van der Waals surface area contributed by atoms with E-state index in [1.54, 1.807) is 0 Å². The fourth-order valence-corrected chi connectivity index (χ4v) is 0.884. The van der Waals surface area contributed by atoms with Crippen LogP contribution in [-0.4, -0.2) is 37.1 Å². The van der Waals surface area contributed by atoms with Crippen LogP contribution in [0, 0.1) is 0 Å². The van der Waals surface area contributed by atoms with Crippen molar-refractivity contribution in [2.24, 2.45) is 0 Å². The van der Waals surface area contributed by atoms with Crippen LogP contribution in [0.25, 0.3) is 0 Å². The Balaban J connectivity index is 2.63. The first-order valence-electron chi connectivity index (χ1n) is 2.80. The Morgan fingerprint density at radius 1 is 1.70 bits per heavy atom. The molecule has 0 aromatic heterocycles. The highest BCUT2D eigenvalue weighted by atomic mass is 19.3. The standard InChI is InChI=1S/C5H8F2O3/c1-9-4-3(8)2-10-5(4,6)7/h3-4,8H,2H2,1H3/t3-,4+/m1/s1. The van der Waals surface area contributed by atoms with Crippen LogP contribution in [0.3, 0.4) is 0 Å². The number of methoxy groups -OCH3 is 1. The molecule has 1 heterocycles. The van der Waals surface area contributed by atoms with Gasteiger partial charge in [0.1, 0.15) is 6.10 Å². The molecule has 1 saturated heterocycles. The van der Waals surface area contributed by atoms with E-state index in [9.17, 15) is 8.78 Å². The summed E-state index contributed by atoms with van der Waals surface area (Å²) in [6.45, 7) is -0.370. The smallest absolute Gasteiger partial charge is 0.384 e. The Labute approximate surface area is 56.5 Å². The first kappa shape index (κ1) is 7.84. The molecular formula is C5H8F2O3. The van der Waals surface area contributed by atoms with Crippen molar-refractivity contribution in [3.63, 3.8) is 0 Å². The van der Waals surface area contributed by atoms with E-state index < -0.39 is 18.3 Å². The summed E-state index contributed by atoms with van der Waals surface area (Å²) in [5.41, 5.74) is 0. The molecule has 2 atom stereocenters. The Hall–Kier alpha value is -0.260. The van der Waals surface area contributed by atoms with Gasteiger partial charge in [-0.25, -0.2) is 0 Å². The second-order valence-corrected chi connectivity index (χ2v) is 2.10. The van der Waals surface area contributed by atoms with E-state index in [1.165, 1.54) is 0 Å². The molecule has 3 nitrogen and oxygen atoms in total. The second-order valence-electron chi connectivity index (χ2n) is 2.10. The molecule has 0 unspecified atom stereocenters. The zero-order valence-electron chi connectivity index (χ0n) is 5.38. The molecule has 1 fully saturated rings. The Bertz CT molecular complexity index is 128. The monoisotopic (exact) mass is 154 g/mol. The van der Waals surface area contributed by atoms with Crippen molar-refractivity contribution in [2.75, 3.05) is 13.7 Å². The maximum atomic E-state index is 12.4. The van der Waals surface area contributed by atoms with Crippen LogP contribution in [0.1, 0.15) is 0 Å². The molecule has 1 rings (SSSR count). The third-order valence-corrected chi connectivity index (χ3v) is 1.38. The minimum Gasteiger partial charge on any atom is -0.388 e. The lowest BCUT2D eigenvalue weighted by molar-refractivity contribution is -0.254. The molecule has 60 valence electrons. The van der Waals surface area contributed by atoms with Crippen LogP contribution in [0.5, 0.6) is 0 Å². The number of ether oxygens (including phenoxy) is 2. The minimum absolute atomic E-state index is 0.370. The maximum absolute atomic E-state index is 12.4. The molecule has 5 heteroatoms. The predicted octanol–water partition coefficient (Wildman–Crippen LogP) is -0.0147. The summed E-state index contributed by atoms with van der Waals surface area (Å²) in [6.07, 6.45) is -6.08. The number of alkyl halides is 2.